The first-order valence-electron chi connectivity index (χ1n) is 7.10. The van der Waals surface area contributed by atoms with E-state index >= 15 is 0 Å². The molecule has 3 nitrogen and oxygen atoms in total. The molecule has 0 bridgehead atoms. The number of esters is 1. The van der Waals surface area contributed by atoms with Gasteiger partial charge < -0.3 is 9.64 Å². The topological polar surface area (TPSA) is 29.5 Å². The second-order valence-corrected chi connectivity index (χ2v) is 5.31. The molecule has 0 N–H and O–H groups in total. The third kappa shape index (κ3) is 3.28. The van der Waals surface area contributed by atoms with Gasteiger partial charge in [-0.05, 0) is 48.9 Å². The van der Waals surface area contributed by atoms with E-state index in [2.05, 4.69) is 24.9 Å². The van der Waals surface area contributed by atoms with Crippen LogP contribution in [0.2, 0.25) is 0 Å². The zero-order chi connectivity index (χ0) is 13.8. The minimum Gasteiger partial charge on any atom is -0.465 e. The molecule has 0 saturated heterocycles. The fourth-order valence-electron chi connectivity index (χ4n) is 2.34. The number of rotatable bonds is 6. The summed E-state index contributed by atoms with van der Waals surface area (Å²) in [7, 11) is 3.56. The molecule has 1 aromatic rings. The molecule has 0 spiro atoms. The number of carbonyl (C=O) groups is 1. The molecule has 104 valence electrons. The van der Waals surface area contributed by atoms with Gasteiger partial charge in [0.05, 0.1) is 12.7 Å². The molecule has 0 atom stereocenters. The van der Waals surface area contributed by atoms with Crippen LogP contribution in [0.3, 0.4) is 0 Å². The third-order valence-electron chi connectivity index (χ3n) is 3.75. The van der Waals surface area contributed by atoms with Gasteiger partial charge in [-0.15, -0.1) is 0 Å². The zero-order valence-electron chi connectivity index (χ0n) is 12.1. The molecule has 1 aromatic carbocycles. The van der Waals surface area contributed by atoms with E-state index < -0.39 is 0 Å². The molecule has 1 aliphatic rings. The van der Waals surface area contributed by atoms with E-state index in [1.165, 1.54) is 38.5 Å². The Kier molecular flexibility index (Phi) is 4.46. The minimum absolute atomic E-state index is 0.218. The Labute approximate surface area is 115 Å². The van der Waals surface area contributed by atoms with Gasteiger partial charge in [0, 0.05) is 19.3 Å². The molecule has 0 amide bonds. The lowest BCUT2D eigenvalue weighted by Crippen LogP contribution is -2.19. The second kappa shape index (κ2) is 6.09. The summed E-state index contributed by atoms with van der Waals surface area (Å²) in [6.45, 7) is 3.25. The molecule has 2 rings (SSSR count). The number of carbonyl (C=O) groups excluding carboxylic acids is 1. The van der Waals surface area contributed by atoms with E-state index in [1.807, 2.05) is 12.1 Å². The molecule has 0 radical (unpaired) electrons. The maximum absolute atomic E-state index is 11.8. The summed E-state index contributed by atoms with van der Waals surface area (Å²) < 4.78 is 4.87. The van der Waals surface area contributed by atoms with E-state index in [0.717, 1.165) is 17.7 Å². The Morgan fingerprint density at radius 2 is 2.16 bits per heavy atom. The Bertz CT molecular complexity index is 452. The molecule has 0 heterocycles. The average Bonchev–Trinajstić information content (AvgIpc) is 3.27. The van der Waals surface area contributed by atoms with Crippen LogP contribution in [0.5, 0.6) is 0 Å². The van der Waals surface area contributed by atoms with Crippen molar-refractivity contribution in [2.75, 3.05) is 25.6 Å². The monoisotopic (exact) mass is 261 g/mol. The van der Waals surface area contributed by atoms with E-state index in [-0.39, 0.29) is 5.97 Å². The van der Waals surface area contributed by atoms with Gasteiger partial charge in [-0.2, -0.15) is 0 Å². The highest BCUT2D eigenvalue weighted by Crippen LogP contribution is 2.43. The smallest absolute Gasteiger partial charge is 0.338 e. The summed E-state index contributed by atoms with van der Waals surface area (Å²) in [4.78, 5) is 14.0. The van der Waals surface area contributed by atoms with E-state index in [1.54, 1.807) is 0 Å². The highest BCUT2D eigenvalue weighted by Gasteiger charge is 2.28. The second-order valence-electron chi connectivity index (χ2n) is 5.31. The van der Waals surface area contributed by atoms with Gasteiger partial charge in [-0.3, -0.25) is 0 Å². The van der Waals surface area contributed by atoms with Crippen molar-refractivity contribution in [1.29, 1.82) is 0 Å². The van der Waals surface area contributed by atoms with Gasteiger partial charge in [-0.25, -0.2) is 4.79 Å². The van der Waals surface area contributed by atoms with Crippen LogP contribution in [0.15, 0.2) is 18.2 Å². The molecular formula is C16H23NO2. The van der Waals surface area contributed by atoms with Crippen LogP contribution in [-0.4, -0.2) is 26.7 Å². The summed E-state index contributed by atoms with van der Waals surface area (Å²) >= 11 is 0. The fourth-order valence-corrected chi connectivity index (χ4v) is 2.34. The minimum atomic E-state index is -0.218. The predicted octanol–water partition coefficient (Wildman–Crippen LogP) is 3.59. The molecule has 0 aliphatic heterocycles. The number of hydrogen-bond acceptors (Lipinski definition) is 3. The highest BCUT2D eigenvalue weighted by molar-refractivity contribution is 5.92. The standard InChI is InChI=1S/C16H23NO2/c1-4-5-10-17(2)13-8-9-14(16(18)19-3)15(11-13)12-6-7-12/h8-9,11-12H,4-7,10H2,1-3H3. The van der Waals surface area contributed by atoms with Gasteiger partial charge in [0.1, 0.15) is 0 Å². The zero-order valence-corrected chi connectivity index (χ0v) is 12.1. The molecule has 19 heavy (non-hydrogen) atoms. The maximum atomic E-state index is 11.8. The number of benzene rings is 1. The Morgan fingerprint density at radius 1 is 1.42 bits per heavy atom. The van der Waals surface area contributed by atoms with Gasteiger partial charge in [-0.1, -0.05) is 13.3 Å². The van der Waals surface area contributed by atoms with Gasteiger partial charge in [0.2, 0.25) is 0 Å². The maximum Gasteiger partial charge on any atom is 0.338 e. The summed E-state index contributed by atoms with van der Waals surface area (Å²) in [6.07, 6.45) is 4.76. The van der Waals surface area contributed by atoms with Crippen molar-refractivity contribution >= 4 is 11.7 Å². The molecular weight excluding hydrogens is 238 g/mol. The van der Waals surface area contributed by atoms with Gasteiger partial charge in [0.15, 0.2) is 0 Å². The number of hydrogen-bond donors (Lipinski definition) is 0. The van der Waals surface area contributed by atoms with Crippen molar-refractivity contribution in [2.45, 2.75) is 38.5 Å². The van der Waals surface area contributed by atoms with E-state index in [9.17, 15) is 4.79 Å². The van der Waals surface area contributed by atoms with Gasteiger partial charge in [0.25, 0.3) is 0 Å². The van der Waals surface area contributed by atoms with Crippen LogP contribution in [-0.2, 0) is 4.74 Å². The SMILES string of the molecule is CCCCN(C)c1ccc(C(=O)OC)c(C2CC2)c1. The van der Waals surface area contributed by atoms with Crippen LogP contribution < -0.4 is 4.90 Å². The number of anilines is 1. The molecule has 1 fully saturated rings. The van der Waals surface area contributed by atoms with Crippen molar-refractivity contribution in [1.82, 2.24) is 0 Å². The highest BCUT2D eigenvalue weighted by atomic mass is 16.5. The lowest BCUT2D eigenvalue weighted by molar-refractivity contribution is 0.0599. The first kappa shape index (κ1) is 13.9. The number of unbranched alkanes of at least 4 members (excludes halogenated alkanes) is 1. The summed E-state index contributed by atoms with van der Waals surface area (Å²) in [5, 5.41) is 0. The molecule has 0 unspecified atom stereocenters. The molecule has 3 heteroatoms. The average molecular weight is 261 g/mol. The quantitative estimate of drug-likeness (QED) is 0.733. The van der Waals surface area contributed by atoms with Crippen molar-refractivity contribution in [3.63, 3.8) is 0 Å². The van der Waals surface area contributed by atoms with Crippen LogP contribution in [0, 0.1) is 0 Å². The summed E-state index contributed by atoms with van der Waals surface area (Å²) in [6, 6.07) is 6.10. The summed E-state index contributed by atoms with van der Waals surface area (Å²) in [5.74, 6) is 0.332. The molecule has 0 aromatic heterocycles. The van der Waals surface area contributed by atoms with E-state index in [4.69, 9.17) is 4.74 Å². The van der Waals surface area contributed by atoms with Crippen molar-refractivity contribution in [2.24, 2.45) is 0 Å². The third-order valence-corrected chi connectivity index (χ3v) is 3.75. The van der Waals surface area contributed by atoms with Crippen molar-refractivity contribution in [3.05, 3.63) is 29.3 Å². The molecule has 1 saturated carbocycles. The first-order valence-corrected chi connectivity index (χ1v) is 7.10. The number of methoxy groups -OCH3 is 1. The van der Waals surface area contributed by atoms with Crippen LogP contribution >= 0.6 is 0 Å². The van der Waals surface area contributed by atoms with Crippen LogP contribution in [0.1, 0.15) is 54.4 Å². The van der Waals surface area contributed by atoms with Crippen LogP contribution in [0.4, 0.5) is 5.69 Å². The van der Waals surface area contributed by atoms with E-state index in [0.29, 0.717) is 5.92 Å². The lowest BCUT2D eigenvalue weighted by Gasteiger charge is -2.20. The first-order chi connectivity index (χ1) is 9.17. The lowest BCUT2D eigenvalue weighted by atomic mass is 10.0. The predicted molar refractivity (Wildman–Crippen MR) is 77.9 cm³/mol. The Hall–Kier alpha value is -1.51. The Balaban J connectivity index is 2.23. The number of nitrogens with zero attached hydrogens (tertiary/aromatic N) is 1. The van der Waals surface area contributed by atoms with Gasteiger partial charge >= 0.3 is 5.97 Å². The Morgan fingerprint density at radius 3 is 2.74 bits per heavy atom. The van der Waals surface area contributed by atoms with Crippen molar-refractivity contribution in [3.8, 4) is 0 Å². The largest absolute Gasteiger partial charge is 0.465 e. The summed E-state index contributed by atoms with van der Waals surface area (Å²) in [5.41, 5.74) is 3.09. The normalized spacial score (nSPS) is 14.3. The molecule has 1 aliphatic carbocycles. The van der Waals surface area contributed by atoms with Crippen LogP contribution in [0.25, 0.3) is 0 Å². The van der Waals surface area contributed by atoms with Crippen molar-refractivity contribution < 1.29 is 9.53 Å². The fraction of sp³-hybridized carbons (Fsp3) is 0.562. The number of ether oxygens (including phenoxy) is 1.